The summed E-state index contributed by atoms with van der Waals surface area (Å²) in [5, 5.41) is 0. The number of hydrogen-bond donors (Lipinski definition) is 0. The highest BCUT2D eigenvalue weighted by molar-refractivity contribution is 7.97. The van der Waals surface area contributed by atoms with Crippen LogP contribution in [0.3, 0.4) is 0 Å². The van der Waals surface area contributed by atoms with E-state index in [2.05, 4.69) is 4.40 Å². The Morgan fingerprint density at radius 2 is 1.93 bits per heavy atom. The lowest BCUT2D eigenvalue weighted by atomic mass is 9.94. The number of amides is 1. The Hall–Kier alpha value is -2.28. The molecule has 0 N–H and O–H groups in total. The van der Waals surface area contributed by atoms with E-state index >= 15 is 0 Å². The third-order valence-corrected chi connectivity index (χ3v) is 6.23. The molecule has 4 rings (SSSR count). The van der Waals surface area contributed by atoms with Crippen LogP contribution in [-0.2, 0) is 4.79 Å². The van der Waals surface area contributed by atoms with Gasteiger partial charge in [-0.25, -0.2) is 17.6 Å². The minimum absolute atomic E-state index is 0.0363. The summed E-state index contributed by atoms with van der Waals surface area (Å²) in [5.74, 6) is -1.19. The number of likely N-dealkylation sites (tertiary alicyclic amines) is 1. The van der Waals surface area contributed by atoms with Gasteiger partial charge >= 0.3 is 0 Å². The van der Waals surface area contributed by atoms with Crippen LogP contribution in [0.2, 0.25) is 0 Å². The number of nitrogens with zero attached hydrogens (tertiary/aromatic N) is 2. The van der Waals surface area contributed by atoms with E-state index in [0.29, 0.717) is 25.1 Å². The van der Waals surface area contributed by atoms with Crippen LogP contribution in [0.25, 0.3) is 11.1 Å². The first kappa shape index (κ1) is 21.0. The van der Waals surface area contributed by atoms with Crippen molar-refractivity contribution in [3.8, 4) is 11.1 Å². The van der Waals surface area contributed by atoms with E-state index in [4.69, 9.17) is 0 Å². The molecule has 0 bridgehead atoms. The average Bonchev–Trinajstić information content (AvgIpc) is 3.55. The van der Waals surface area contributed by atoms with Crippen molar-refractivity contribution in [3.63, 3.8) is 0 Å². The van der Waals surface area contributed by atoms with Gasteiger partial charge in [-0.1, -0.05) is 30.3 Å². The summed E-state index contributed by atoms with van der Waals surface area (Å²) in [6, 6.07) is 10.5. The van der Waals surface area contributed by atoms with Gasteiger partial charge in [0.2, 0.25) is 5.91 Å². The summed E-state index contributed by atoms with van der Waals surface area (Å²) in [4.78, 5) is 14.9. The highest BCUT2D eigenvalue weighted by Crippen LogP contribution is 2.51. The van der Waals surface area contributed by atoms with Crippen LogP contribution in [0.4, 0.5) is 13.2 Å². The van der Waals surface area contributed by atoms with Crippen LogP contribution < -0.4 is 0 Å². The molecule has 2 aromatic rings. The molecule has 3 nitrogen and oxygen atoms in total. The zero-order valence-corrected chi connectivity index (χ0v) is 17.3. The molecule has 1 heterocycles. The maximum atomic E-state index is 14.4. The van der Waals surface area contributed by atoms with Crippen molar-refractivity contribution in [1.29, 1.82) is 0 Å². The van der Waals surface area contributed by atoms with Gasteiger partial charge in [-0.15, -0.1) is 0 Å². The topological polar surface area (TPSA) is 32.7 Å². The number of piperidine rings is 1. The molecule has 2 aliphatic rings. The van der Waals surface area contributed by atoms with Crippen LogP contribution >= 0.6 is 11.9 Å². The van der Waals surface area contributed by atoms with Crippen molar-refractivity contribution in [2.24, 2.45) is 16.2 Å². The zero-order chi connectivity index (χ0) is 21.1. The molecule has 1 saturated carbocycles. The molecule has 0 aromatic heterocycles. The summed E-state index contributed by atoms with van der Waals surface area (Å²) in [6.07, 6.45) is 4.24. The number of benzene rings is 2. The predicted octanol–water partition coefficient (Wildman–Crippen LogP) is 5.62. The fourth-order valence-electron chi connectivity index (χ4n) is 4.34. The van der Waals surface area contributed by atoms with Crippen LogP contribution in [-0.4, -0.2) is 36.1 Å². The van der Waals surface area contributed by atoms with Gasteiger partial charge in [0, 0.05) is 43.1 Å². The van der Waals surface area contributed by atoms with E-state index in [9.17, 15) is 18.0 Å². The molecule has 2 fully saturated rings. The SMILES string of the molecule is O=C(C1CC1c1ccccc1-c1c(F)cccc1F)N1CCCC(/C=N\SCF)C1. The number of halogens is 3. The van der Waals surface area contributed by atoms with Gasteiger partial charge in [-0.2, -0.15) is 0 Å². The molecule has 0 radical (unpaired) electrons. The smallest absolute Gasteiger partial charge is 0.226 e. The zero-order valence-electron chi connectivity index (χ0n) is 16.4. The van der Waals surface area contributed by atoms with Crippen molar-refractivity contribution in [2.45, 2.75) is 25.2 Å². The van der Waals surface area contributed by atoms with Crippen molar-refractivity contribution in [2.75, 3.05) is 19.1 Å². The highest BCUT2D eigenvalue weighted by atomic mass is 32.2. The first-order valence-corrected chi connectivity index (χ1v) is 11.1. The number of rotatable bonds is 6. The summed E-state index contributed by atoms with van der Waals surface area (Å²) in [7, 11) is 0. The first-order valence-electron chi connectivity index (χ1n) is 10.1. The Morgan fingerprint density at radius 3 is 2.70 bits per heavy atom. The van der Waals surface area contributed by atoms with E-state index in [0.717, 1.165) is 30.4 Å². The highest BCUT2D eigenvalue weighted by Gasteiger charge is 2.47. The Morgan fingerprint density at radius 1 is 1.17 bits per heavy atom. The Labute approximate surface area is 178 Å². The molecule has 30 heavy (non-hydrogen) atoms. The van der Waals surface area contributed by atoms with Crippen molar-refractivity contribution in [3.05, 3.63) is 59.7 Å². The maximum Gasteiger partial charge on any atom is 0.226 e. The van der Waals surface area contributed by atoms with Crippen LogP contribution in [0, 0.1) is 23.5 Å². The van der Waals surface area contributed by atoms with Gasteiger partial charge in [-0.3, -0.25) is 4.79 Å². The monoisotopic (exact) mass is 432 g/mol. The molecule has 0 spiro atoms. The van der Waals surface area contributed by atoms with Crippen LogP contribution in [0.5, 0.6) is 0 Å². The molecule has 3 unspecified atom stereocenters. The van der Waals surface area contributed by atoms with Crippen molar-refractivity contribution < 1.29 is 18.0 Å². The molecule has 158 valence electrons. The van der Waals surface area contributed by atoms with Gasteiger partial charge in [-0.05, 0) is 48.4 Å². The second-order valence-corrected chi connectivity index (χ2v) is 8.50. The largest absolute Gasteiger partial charge is 0.342 e. The van der Waals surface area contributed by atoms with E-state index in [1.165, 1.54) is 18.2 Å². The normalized spacial score (nSPS) is 23.7. The Bertz CT molecular complexity index is 932. The van der Waals surface area contributed by atoms with E-state index in [1.807, 2.05) is 17.0 Å². The molecule has 2 aromatic carbocycles. The quantitative estimate of drug-likeness (QED) is 0.438. The van der Waals surface area contributed by atoms with Gasteiger partial charge in [0.05, 0.1) is 5.56 Å². The van der Waals surface area contributed by atoms with E-state index in [1.54, 1.807) is 18.3 Å². The van der Waals surface area contributed by atoms with Crippen molar-refractivity contribution in [1.82, 2.24) is 4.90 Å². The number of hydrogen-bond acceptors (Lipinski definition) is 3. The summed E-state index contributed by atoms with van der Waals surface area (Å²) >= 11 is 0.868. The van der Waals surface area contributed by atoms with Crippen molar-refractivity contribution >= 4 is 24.1 Å². The lowest BCUT2D eigenvalue weighted by molar-refractivity contribution is -0.134. The average molecular weight is 433 g/mol. The molecular formula is C23H23F3N2OS. The standard InChI is InChI=1S/C23H23F3N2OS/c24-14-30-27-12-15-5-4-10-28(13-15)23(29)19-11-18(19)16-6-1-2-7-17(16)22-20(25)8-3-9-21(22)26/h1-3,6-9,12,15,18-19H,4-5,10-11,13-14H2/b27-12-. The fourth-order valence-corrected chi connectivity index (χ4v) is 4.65. The molecular weight excluding hydrogens is 409 g/mol. The first-order chi connectivity index (χ1) is 14.6. The van der Waals surface area contributed by atoms with Crippen LogP contribution in [0.1, 0.15) is 30.7 Å². The third kappa shape index (κ3) is 4.41. The minimum Gasteiger partial charge on any atom is -0.342 e. The molecule has 7 heteroatoms. The molecule has 1 aliphatic carbocycles. The summed E-state index contributed by atoms with van der Waals surface area (Å²) in [6.45, 7) is 1.29. The molecule has 1 amide bonds. The van der Waals surface area contributed by atoms with Crippen LogP contribution in [0.15, 0.2) is 46.9 Å². The molecule has 1 aliphatic heterocycles. The lowest BCUT2D eigenvalue weighted by Crippen LogP contribution is -2.41. The van der Waals surface area contributed by atoms with E-state index in [-0.39, 0.29) is 29.2 Å². The minimum atomic E-state index is -0.602. The van der Waals surface area contributed by atoms with Gasteiger partial charge < -0.3 is 4.90 Å². The number of carbonyl (C=O) groups is 1. The van der Waals surface area contributed by atoms with Gasteiger partial charge in [0.15, 0.2) is 6.01 Å². The Balaban J connectivity index is 1.49. The fraction of sp³-hybridized carbons (Fsp3) is 0.391. The van der Waals surface area contributed by atoms with Gasteiger partial charge in [0.25, 0.3) is 0 Å². The lowest BCUT2D eigenvalue weighted by Gasteiger charge is -2.31. The molecule has 1 saturated heterocycles. The van der Waals surface area contributed by atoms with Gasteiger partial charge in [0.1, 0.15) is 11.6 Å². The number of carbonyl (C=O) groups excluding carboxylic acids is 1. The maximum absolute atomic E-state index is 14.4. The summed E-state index contributed by atoms with van der Waals surface area (Å²) < 4.78 is 44.9. The Kier molecular flexibility index (Phi) is 6.46. The summed E-state index contributed by atoms with van der Waals surface area (Å²) in [5.41, 5.74) is 1.29. The van der Waals surface area contributed by atoms with E-state index < -0.39 is 17.6 Å². The third-order valence-electron chi connectivity index (χ3n) is 5.86. The number of alkyl halides is 1. The molecule has 3 atom stereocenters. The predicted molar refractivity (Wildman–Crippen MR) is 114 cm³/mol. The second-order valence-electron chi connectivity index (χ2n) is 7.81. The second kappa shape index (κ2) is 9.25.